The van der Waals surface area contributed by atoms with Gasteiger partial charge < -0.3 is 4.74 Å². The SMILES string of the molecule is N#C[C@@H]1CCC[C@H]2OC[C@@H](c3ccc(F)cc3)N12. The number of hydrogen-bond acceptors (Lipinski definition) is 3. The van der Waals surface area contributed by atoms with Gasteiger partial charge in [-0.1, -0.05) is 12.1 Å². The van der Waals surface area contributed by atoms with E-state index in [2.05, 4.69) is 11.0 Å². The van der Waals surface area contributed by atoms with Gasteiger partial charge in [-0.3, -0.25) is 4.90 Å². The third kappa shape index (κ3) is 1.90. The van der Waals surface area contributed by atoms with Crippen molar-refractivity contribution in [1.82, 2.24) is 4.90 Å². The highest BCUT2D eigenvalue weighted by molar-refractivity contribution is 5.22. The summed E-state index contributed by atoms with van der Waals surface area (Å²) in [5.74, 6) is -0.232. The van der Waals surface area contributed by atoms with E-state index in [0.29, 0.717) is 6.61 Å². The molecule has 3 atom stereocenters. The molecular formula is C14H15FN2O. The van der Waals surface area contributed by atoms with Gasteiger partial charge in [0, 0.05) is 0 Å². The van der Waals surface area contributed by atoms with E-state index in [1.807, 2.05) is 0 Å². The minimum absolute atomic E-state index is 0.0541. The molecule has 4 heteroatoms. The van der Waals surface area contributed by atoms with Crippen LogP contribution >= 0.6 is 0 Å². The van der Waals surface area contributed by atoms with Crippen molar-refractivity contribution in [2.24, 2.45) is 0 Å². The largest absolute Gasteiger partial charge is 0.361 e. The lowest BCUT2D eigenvalue weighted by Gasteiger charge is -2.35. The lowest BCUT2D eigenvalue weighted by molar-refractivity contribution is -0.0121. The fourth-order valence-electron chi connectivity index (χ4n) is 2.94. The van der Waals surface area contributed by atoms with Crippen LogP contribution in [-0.4, -0.2) is 23.8 Å². The normalized spacial score (nSPS) is 31.9. The van der Waals surface area contributed by atoms with E-state index in [1.54, 1.807) is 12.1 Å². The fraction of sp³-hybridized carbons (Fsp3) is 0.500. The molecule has 0 saturated carbocycles. The molecule has 0 N–H and O–H groups in total. The Morgan fingerprint density at radius 3 is 2.78 bits per heavy atom. The number of rotatable bonds is 1. The minimum atomic E-state index is -0.232. The first-order valence-corrected chi connectivity index (χ1v) is 6.34. The van der Waals surface area contributed by atoms with Crippen molar-refractivity contribution in [2.45, 2.75) is 37.6 Å². The summed E-state index contributed by atoms with van der Waals surface area (Å²) in [4.78, 5) is 2.15. The number of benzene rings is 1. The molecule has 2 aliphatic rings. The second-order valence-corrected chi connectivity index (χ2v) is 4.88. The number of piperidine rings is 1. The molecule has 3 rings (SSSR count). The second kappa shape index (κ2) is 4.68. The van der Waals surface area contributed by atoms with E-state index in [0.717, 1.165) is 24.8 Å². The molecule has 94 valence electrons. The Kier molecular flexibility index (Phi) is 3.02. The summed E-state index contributed by atoms with van der Waals surface area (Å²) >= 11 is 0. The Balaban J connectivity index is 1.88. The number of halogens is 1. The standard InChI is InChI=1S/C14H15FN2O/c15-11-6-4-10(5-7-11)13-9-18-14-3-1-2-12(8-16)17(13)14/h4-7,12-14H,1-3,9H2/t12-,13-,14+/m0/s1. The number of nitriles is 1. The first-order chi connectivity index (χ1) is 8.79. The van der Waals surface area contributed by atoms with Crippen LogP contribution in [0.15, 0.2) is 24.3 Å². The molecule has 2 saturated heterocycles. The van der Waals surface area contributed by atoms with Gasteiger partial charge in [0.2, 0.25) is 0 Å². The van der Waals surface area contributed by atoms with Gasteiger partial charge in [0.25, 0.3) is 0 Å². The van der Waals surface area contributed by atoms with Crippen LogP contribution in [0, 0.1) is 17.1 Å². The Morgan fingerprint density at radius 1 is 1.28 bits per heavy atom. The average Bonchev–Trinajstić information content (AvgIpc) is 2.83. The van der Waals surface area contributed by atoms with Crippen molar-refractivity contribution in [2.75, 3.05) is 6.61 Å². The molecule has 2 aliphatic heterocycles. The van der Waals surface area contributed by atoms with Crippen molar-refractivity contribution in [3.05, 3.63) is 35.6 Å². The third-order valence-corrected chi connectivity index (χ3v) is 3.83. The van der Waals surface area contributed by atoms with Crippen LogP contribution in [0.5, 0.6) is 0 Å². The molecule has 0 radical (unpaired) electrons. The molecule has 0 amide bonds. The zero-order valence-corrected chi connectivity index (χ0v) is 10.1. The number of ether oxygens (including phenoxy) is 1. The molecule has 3 nitrogen and oxygen atoms in total. The smallest absolute Gasteiger partial charge is 0.123 e. The van der Waals surface area contributed by atoms with Crippen LogP contribution in [0.1, 0.15) is 30.9 Å². The molecule has 18 heavy (non-hydrogen) atoms. The van der Waals surface area contributed by atoms with Crippen LogP contribution in [-0.2, 0) is 4.74 Å². The average molecular weight is 246 g/mol. The second-order valence-electron chi connectivity index (χ2n) is 4.88. The number of hydrogen-bond donors (Lipinski definition) is 0. The van der Waals surface area contributed by atoms with Crippen LogP contribution in [0.25, 0.3) is 0 Å². The van der Waals surface area contributed by atoms with Crippen LogP contribution in [0.3, 0.4) is 0 Å². The van der Waals surface area contributed by atoms with Gasteiger partial charge in [0.05, 0.1) is 18.7 Å². The highest BCUT2D eigenvalue weighted by Gasteiger charge is 2.42. The Bertz CT molecular complexity index is 468. The Morgan fingerprint density at radius 2 is 2.06 bits per heavy atom. The molecule has 0 unspecified atom stereocenters. The van der Waals surface area contributed by atoms with Crippen LogP contribution in [0.2, 0.25) is 0 Å². The maximum absolute atomic E-state index is 13.0. The summed E-state index contributed by atoms with van der Waals surface area (Å²) < 4.78 is 18.7. The van der Waals surface area contributed by atoms with E-state index in [9.17, 15) is 9.65 Å². The molecule has 0 spiro atoms. The van der Waals surface area contributed by atoms with Crippen molar-refractivity contribution in [3.63, 3.8) is 0 Å². The third-order valence-electron chi connectivity index (χ3n) is 3.83. The van der Waals surface area contributed by atoms with Crippen molar-refractivity contribution >= 4 is 0 Å². The molecular weight excluding hydrogens is 231 g/mol. The summed E-state index contributed by atoms with van der Waals surface area (Å²) in [7, 11) is 0. The zero-order chi connectivity index (χ0) is 12.5. The van der Waals surface area contributed by atoms with E-state index < -0.39 is 0 Å². The maximum Gasteiger partial charge on any atom is 0.123 e. The van der Waals surface area contributed by atoms with E-state index in [1.165, 1.54) is 12.1 Å². The van der Waals surface area contributed by atoms with Crippen LogP contribution in [0.4, 0.5) is 4.39 Å². The lowest BCUT2D eigenvalue weighted by atomic mass is 9.98. The Labute approximate surface area is 106 Å². The fourth-order valence-corrected chi connectivity index (χ4v) is 2.94. The van der Waals surface area contributed by atoms with Gasteiger partial charge in [0.15, 0.2) is 0 Å². The summed E-state index contributed by atoms with van der Waals surface area (Å²) in [5.41, 5.74) is 1.03. The Hall–Kier alpha value is -1.44. The first kappa shape index (κ1) is 11.6. The molecule has 2 fully saturated rings. The first-order valence-electron chi connectivity index (χ1n) is 6.34. The summed E-state index contributed by atoms with van der Waals surface area (Å²) in [6, 6.07) is 8.87. The number of nitrogens with zero attached hydrogens (tertiary/aromatic N) is 2. The number of fused-ring (bicyclic) bond motifs is 1. The molecule has 1 aromatic carbocycles. The van der Waals surface area contributed by atoms with Gasteiger partial charge in [0.1, 0.15) is 18.1 Å². The van der Waals surface area contributed by atoms with Crippen LogP contribution < -0.4 is 0 Å². The van der Waals surface area contributed by atoms with Crippen molar-refractivity contribution in [3.8, 4) is 6.07 Å². The zero-order valence-electron chi connectivity index (χ0n) is 10.1. The quantitative estimate of drug-likeness (QED) is 0.764. The van der Waals surface area contributed by atoms with E-state index in [4.69, 9.17) is 4.74 Å². The summed E-state index contributed by atoms with van der Waals surface area (Å²) in [5, 5.41) is 9.24. The summed E-state index contributed by atoms with van der Waals surface area (Å²) in [6.45, 7) is 0.592. The predicted octanol–water partition coefficient (Wildman–Crippen LogP) is 2.60. The molecule has 0 aromatic heterocycles. The highest BCUT2D eigenvalue weighted by atomic mass is 19.1. The highest BCUT2D eigenvalue weighted by Crippen LogP contribution is 2.38. The van der Waals surface area contributed by atoms with Crippen molar-refractivity contribution in [1.29, 1.82) is 5.26 Å². The van der Waals surface area contributed by atoms with Gasteiger partial charge in [-0.25, -0.2) is 4.39 Å². The van der Waals surface area contributed by atoms with E-state index in [-0.39, 0.29) is 24.1 Å². The van der Waals surface area contributed by atoms with E-state index >= 15 is 0 Å². The van der Waals surface area contributed by atoms with Gasteiger partial charge in [-0.2, -0.15) is 5.26 Å². The molecule has 0 bridgehead atoms. The minimum Gasteiger partial charge on any atom is -0.361 e. The maximum atomic E-state index is 13.0. The molecule has 1 aromatic rings. The molecule has 0 aliphatic carbocycles. The lowest BCUT2D eigenvalue weighted by Crippen LogP contribution is -2.43. The topological polar surface area (TPSA) is 36.3 Å². The van der Waals surface area contributed by atoms with Gasteiger partial charge in [-0.05, 0) is 37.0 Å². The van der Waals surface area contributed by atoms with Gasteiger partial charge >= 0.3 is 0 Å². The van der Waals surface area contributed by atoms with Crippen molar-refractivity contribution < 1.29 is 9.13 Å². The predicted molar refractivity (Wildman–Crippen MR) is 64.0 cm³/mol. The monoisotopic (exact) mass is 246 g/mol. The van der Waals surface area contributed by atoms with Gasteiger partial charge in [-0.15, -0.1) is 0 Å². The summed E-state index contributed by atoms with van der Waals surface area (Å²) in [6.07, 6.45) is 2.97. The molecule has 2 heterocycles.